The molecule has 8 heteroatoms. The molecule has 1 atom stereocenters. The van der Waals surface area contributed by atoms with Gasteiger partial charge in [0.25, 0.3) is 5.91 Å². The quantitative estimate of drug-likeness (QED) is 0.565. The molecule has 1 aliphatic carbocycles. The summed E-state index contributed by atoms with van der Waals surface area (Å²) in [6.45, 7) is 1.30. The zero-order valence-electron chi connectivity index (χ0n) is 18.3. The Hall–Kier alpha value is -2.90. The number of nitrogens with one attached hydrogen (secondary N) is 1. The number of carbonyl (C=O) groups is 2. The van der Waals surface area contributed by atoms with E-state index in [1.54, 1.807) is 31.4 Å². The van der Waals surface area contributed by atoms with Gasteiger partial charge in [0.1, 0.15) is 5.75 Å². The summed E-state index contributed by atoms with van der Waals surface area (Å²) in [5.74, 6) is 0.481. The molecule has 1 unspecified atom stereocenters. The number of aromatic nitrogens is 1. The van der Waals surface area contributed by atoms with Crippen LogP contribution in [0.1, 0.15) is 50.8 Å². The van der Waals surface area contributed by atoms with Gasteiger partial charge in [-0.1, -0.05) is 17.7 Å². The highest BCUT2D eigenvalue weighted by molar-refractivity contribution is 7.16. The van der Waals surface area contributed by atoms with Gasteiger partial charge in [-0.3, -0.25) is 14.9 Å². The second kappa shape index (κ2) is 9.15. The topological polar surface area (TPSA) is 71.5 Å². The lowest BCUT2D eigenvalue weighted by Crippen LogP contribution is -2.39. The third-order valence-corrected chi connectivity index (χ3v) is 7.61. The average Bonchev–Trinajstić information content (AvgIpc) is 3.25. The molecular weight excluding hydrogens is 458 g/mol. The minimum Gasteiger partial charge on any atom is -0.497 e. The van der Waals surface area contributed by atoms with Gasteiger partial charge in [-0.15, -0.1) is 11.3 Å². The molecule has 1 N–H and O–H groups in total. The van der Waals surface area contributed by atoms with Crippen molar-refractivity contribution in [3.05, 3.63) is 74.7 Å². The van der Waals surface area contributed by atoms with E-state index in [1.165, 1.54) is 22.5 Å². The number of fused-ring (bicyclic) bond motifs is 2. The van der Waals surface area contributed by atoms with Gasteiger partial charge in [0, 0.05) is 28.6 Å². The number of hydrogen-bond acceptors (Lipinski definition) is 5. The molecule has 2 heterocycles. The summed E-state index contributed by atoms with van der Waals surface area (Å²) in [5.41, 5.74) is 3.75. The minimum atomic E-state index is -0.258. The summed E-state index contributed by atoms with van der Waals surface area (Å²) >= 11 is 7.38. The standard InChI is InChI=1S/C25H24ClN3O3S/c1-32-19-10-7-17-14-29(12-11-16(17)13-19)24(31)20-3-2-4-21-22(20)27-25(33-21)28-23(30)15-5-8-18(26)9-6-15/h5-10,13,20H,2-4,11-12,14H2,1H3,(H,27,28,30). The first kappa shape index (κ1) is 21.9. The van der Waals surface area contributed by atoms with E-state index in [-0.39, 0.29) is 17.7 Å². The van der Waals surface area contributed by atoms with Gasteiger partial charge in [0.2, 0.25) is 5.91 Å². The van der Waals surface area contributed by atoms with Gasteiger partial charge >= 0.3 is 0 Å². The monoisotopic (exact) mass is 481 g/mol. The number of amides is 2. The van der Waals surface area contributed by atoms with Gasteiger partial charge in [-0.25, -0.2) is 4.98 Å². The number of benzene rings is 2. The number of nitrogens with zero attached hydrogens (tertiary/aromatic N) is 2. The molecule has 2 aromatic carbocycles. The maximum atomic E-state index is 13.5. The molecule has 3 aromatic rings. The second-order valence-electron chi connectivity index (χ2n) is 8.38. The maximum Gasteiger partial charge on any atom is 0.257 e. The van der Waals surface area contributed by atoms with Crippen LogP contribution in [0.15, 0.2) is 42.5 Å². The molecule has 0 saturated heterocycles. The number of rotatable bonds is 4. The first-order chi connectivity index (χ1) is 16.0. The van der Waals surface area contributed by atoms with Crippen LogP contribution in [0.5, 0.6) is 5.75 Å². The Kier molecular flexibility index (Phi) is 6.08. The van der Waals surface area contributed by atoms with Gasteiger partial charge in [-0.2, -0.15) is 0 Å². The van der Waals surface area contributed by atoms with E-state index < -0.39 is 0 Å². The summed E-state index contributed by atoms with van der Waals surface area (Å²) in [6.07, 6.45) is 3.43. The van der Waals surface area contributed by atoms with Crippen LogP contribution in [-0.2, 0) is 24.2 Å². The molecule has 0 radical (unpaired) electrons. The predicted octanol–water partition coefficient (Wildman–Crippen LogP) is 5.06. The van der Waals surface area contributed by atoms with E-state index in [4.69, 9.17) is 21.3 Å². The largest absolute Gasteiger partial charge is 0.497 e. The van der Waals surface area contributed by atoms with E-state index in [2.05, 4.69) is 11.4 Å². The number of ether oxygens (including phenoxy) is 1. The van der Waals surface area contributed by atoms with Crippen LogP contribution in [0.3, 0.4) is 0 Å². The Morgan fingerprint density at radius 1 is 1.15 bits per heavy atom. The fraction of sp³-hybridized carbons (Fsp3) is 0.320. The molecule has 2 amide bonds. The van der Waals surface area contributed by atoms with Crippen molar-refractivity contribution >= 4 is 39.9 Å². The number of carbonyl (C=O) groups excluding carboxylic acids is 2. The summed E-state index contributed by atoms with van der Waals surface area (Å²) in [4.78, 5) is 33.8. The minimum absolute atomic E-state index is 0.123. The average molecular weight is 482 g/mol. The van der Waals surface area contributed by atoms with Crippen molar-refractivity contribution in [1.82, 2.24) is 9.88 Å². The Bertz CT molecular complexity index is 1210. The summed E-state index contributed by atoms with van der Waals surface area (Å²) in [7, 11) is 1.67. The molecule has 170 valence electrons. The lowest BCUT2D eigenvalue weighted by Gasteiger charge is -2.33. The second-order valence-corrected chi connectivity index (χ2v) is 9.90. The molecule has 5 rings (SSSR count). The zero-order chi connectivity index (χ0) is 22.9. The molecular formula is C25H24ClN3O3S. The summed E-state index contributed by atoms with van der Waals surface area (Å²) in [6, 6.07) is 12.8. The Morgan fingerprint density at radius 3 is 2.76 bits per heavy atom. The van der Waals surface area contributed by atoms with E-state index in [9.17, 15) is 9.59 Å². The molecule has 1 aliphatic heterocycles. The van der Waals surface area contributed by atoms with Gasteiger partial charge in [0.05, 0.1) is 18.7 Å². The smallest absolute Gasteiger partial charge is 0.257 e. The first-order valence-electron chi connectivity index (χ1n) is 11.0. The fourth-order valence-corrected chi connectivity index (χ4v) is 5.73. The third-order valence-electron chi connectivity index (χ3n) is 6.32. The van der Waals surface area contributed by atoms with Crippen molar-refractivity contribution in [1.29, 1.82) is 0 Å². The molecule has 0 saturated carbocycles. The van der Waals surface area contributed by atoms with Gasteiger partial charge in [-0.05, 0) is 73.2 Å². The highest BCUT2D eigenvalue weighted by atomic mass is 35.5. The number of halogens is 1. The summed E-state index contributed by atoms with van der Waals surface area (Å²) in [5, 5.41) is 4.00. The summed E-state index contributed by atoms with van der Waals surface area (Å²) < 4.78 is 5.33. The van der Waals surface area contributed by atoms with Crippen molar-refractivity contribution in [3.8, 4) is 5.75 Å². The van der Waals surface area contributed by atoms with Gasteiger partial charge < -0.3 is 9.64 Å². The van der Waals surface area contributed by atoms with Gasteiger partial charge in [0.15, 0.2) is 5.13 Å². The van der Waals surface area contributed by atoms with Crippen molar-refractivity contribution in [2.75, 3.05) is 19.0 Å². The molecule has 2 aliphatic rings. The lowest BCUT2D eigenvalue weighted by atomic mass is 9.89. The lowest BCUT2D eigenvalue weighted by molar-refractivity contribution is -0.134. The SMILES string of the molecule is COc1ccc2c(c1)CCN(C(=O)C1CCCc3sc(NC(=O)c4ccc(Cl)cc4)nc31)C2. The fourth-order valence-electron chi connectivity index (χ4n) is 4.55. The van der Waals surface area contributed by atoms with Crippen molar-refractivity contribution in [3.63, 3.8) is 0 Å². The highest BCUT2D eigenvalue weighted by Gasteiger charge is 2.34. The van der Waals surface area contributed by atoms with Crippen LogP contribution in [0.25, 0.3) is 0 Å². The molecule has 0 bridgehead atoms. The molecule has 6 nitrogen and oxygen atoms in total. The number of methoxy groups -OCH3 is 1. The number of hydrogen-bond donors (Lipinski definition) is 1. The Balaban J connectivity index is 1.32. The van der Waals surface area contributed by atoms with Crippen LogP contribution in [0.2, 0.25) is 5.02 Å². The highest BCUT2D eigenvalue weighted by Crippen LogP contribution is 2.38. The Morgan fingerprint density at radius 2 is 1.97 bits per heavy atom. The molecule has 0 spiro atoms. The normalized spacial score (nSPS) is 17.2. The number of anilines is 1. The number of aryl methyl sites for hydroxylation is 1. The molecule has 0 fully saturated rings. The van der Waals surface area contributed by atoms with Crippen molar-refractivity contribution < 1.29 is 14.3 Å². The van der Waals surface area contributed by atoms with Crippen LogP contribution in [0.4, 0.5) is 5.13 Å². The van der Waals surface area contributed by atoms with E-state index in [0.29, 0.717) is 28.8 Å². The first-order valence-corrected chi connectivity index (χ1v) is 12.2. The van der Waals surface area contributed by atoms with Crippen LogP contribution in [-0.4, -0.2) is 35.4 Å². The van der Waals surface area contributed by atoms with E-state index in [1.807, 2.05) is 17.0 Å². The van der Waals surface area contributed by atoms with Crippen molar-refractivity contribution in [2.45, 2.75) is 38.1 Å². The number of thiazole rings is 1. The van der Waals surface area contributed by atoms with Crippen molar-refractivity contribution in [2.24, 2.45) is 0 Å². The van der Waals surface area contributed by atoms with Crippen LogP contribution in [0, 0.1) is 0 Å². The molecule has 1 aromatic heterocycles. The molecule has 33 heavy (non-hydrogen) atoms. The Labute approximate surface area is 201 Å². The predicted molar refractivity (Wildman–Crippen MR) is 129 cm³/mol. The zero-order valence-corrected chi connectivity index (χ0v) is 19.8. The van der Waals surface area contributed by atoms with E-state index in [0.717, 1.165) is 42.0 Å². The third kappa shape index (κ3) is 4.48. The van der Waals surface area contributed by atoms with E-state index >= 15 is 0 Å². The van der Waals surface area contributed by atoms with Crippen LogP contribution >= 0.6 is 22.9 Å². The van der Waals surface area contributed by atoms with Crippen LogP contribution < -0.4 is 10.1 Å². The maximum absolute atomic E-state index is 13.5.